The summed E-state index contributed by atoms with van der Waals surface area (Å²) < 4.78 is 0. The summed E-state index contributed by atoms with van der Waals surface area (Å²) in [5.41, 5.74) is 4.03. The second kappa shape index (κ2) is 38.2. The Labute approximate surface area is 266 Å². The molecule has 0 bridgehead atoms. The van der Waals surface area contributed by atoms with Crippen LogP contribution in [0.25, 0.3) is 0 Å². The third-order valence-electron chi connectivity index (χ3n) is 7.95. The fourth-order valence-corrected chi connectivity index (χ4v) is 5.29. The molecule has 43 heavy (non-hydrogen) atoms. The van der Waals surface area contributed by atoms with Gasteiger partial charge in [0.25, 0.3) is 0 Å². The van der Waals surface area contributed by atoms with Crippen LogP contribution >= 0.6 is 0 Å². The molecule has 0 fully saturated rings. The molecule has 0 aromatic heterocycles. The quantitative estimate of drug-likeness (QED) is 0.0537. The van der Waals surface area contributed by atoms with Gasteiger partial charge >= 0.3 is 6.09 Å². The van der Waals surface area contributed by atoms with E-state index in [1.165, 1.54) is 154 Å². The van der Waals surface area contributed by atoms with Crippen LogP contribution in [-0.4, -0.2) is 23.0 Å². The first kappa shape index (κ1) is 43.3. The number of allylic oxidation sites excluding steroid dienone is 2. The van der Waals surface area contributed by atoms with Gasteiger partial charge in [0.15, 0.2) is 0 Å². The molecule has 0 aliphatic heterocycles. The van der Waals surface area contributed by atoms with E-state index in [0.29, 0.717) is 12.8 Å². The number of carbonyl (C=O) groups is 3. The molecule has 0 unspecified atom stereocenters. The zero-order chi connectivity index (χ0) is 32.1. The number of hydrogen-bond donors (Lipinski definition) is 3. The molecule has 0 heterocycles. The van der Waals surface area contributed by atoms with E-state index in [9.17, 15) is 9.59 Å². The third-order valence-corrected chi connectivity index (χ3v) is 7.95. The summed E-state index contributed by atoms with van der Waals surface area (Å²) in [5, 5.41) is 9.79. The Morgan fingerprint density at radius 1 is 0.465 bits per heavy atom. The van der Waals surface area contributed by atoms with Gasteiger partial charge in [-0.2, -0.15) is 0 Å². The molecule has 0 aromatic rings. The summed E-state index contributed by atoms with van der Waals surface area (Å²) in [5.74, 6) is -0.166. The molecule has 0 radical (unpaired) electrons. The number of carboxylic acid groups (broad SMARTS) is 1. The molecular formula is C37H72N2O4. The Kier molecular flexibility index (Phi) is 38.4. The topological polar surface area (TPSA) is 109 Å². The smallest absolute Gasteiger partial charge is 0.402 e. The Morgan fingerprint density at radius 3 is 0.977 bits per heavy atom. The summed E-state index contributed by atoms with van der Waals surface area (Å²) in [4.78, 5) is 32.8. The number of nitrogens with one attached hydrogen (secondary N) is 1. The molecule has 0 saturated carbocycles. The van der Waals surface area contributed by atoms with Crippen molar-refractivity contribution in [3.8, 4) is 0 Å². The summed E-state index contributed by atoms with van der Waals surface area (Å²) >= 11 is 0. The summed E-state index contributed by atoms with van der Waals surface area (Å²) in [6.07, 6.45) is 40.5. The predicted octanol–water partition coefficient (Wildman–Crippen LogP) is 11.6. The minimum absolute atomic E-state index is 0.0811. The molecule has 0 atom stereocenters. The lowest BCUT2D eigenvalue weighted by Gasteiger charge is -2.05. The average Bonchev–Trinajstić information content (AvgIpc) is 2.96. The highest BCUT2D eigenvalue weighted by Crippen LogP contribution is 2.14. The Balaban J connectivity index is 0. The molecule has 0 saturated heterocycles. The van der Waals surface area contributed by atoms with Crippen molar-refractivity contribution in [1.82, 2.24) is 5.32 Å². The number of unbranched alkanes of at least 4 members (excludes halogenated alkanes) is 25. The number of imide groups is 1. The zero-order valence-corrected chi connectivity index (χ0v) is 28.6. The molecule has 0 aliphatic rings. The van der Waals surface area contributed by atoms with E-state index in [-0.39, 0.29) is 11.8 Å². The van der Waals surface area contributed by atoms with Crippen LogP contribution in [0.2, 0.25) is 0 Å². The summed E-state index contributed by atoms with van der Waals surface area (Å²) in [6.45, 7) is 4.55. The minimum Gasteiger partial charge on any atom is -0.465 e. The lowest BCUT2D eigenvalue weighted by molar-refractivity contribution is -0.130. The van der Waals surface area contributed by atoms with Crippen LogP contribution in [0, 0.1) is 0 Å². The second-order valence-electron chi connectivity index (χ2n) is 12.3. The fourth-order valence-electron chi connectivity index (χ4n) is 5.29. The minimum atomic E-state index is -1.33. The van der Waals surface area contributed by atoms with Gasteiger partial charge < -0.3 is 10.8 Å². The fraction of sp³-hybridized carbons (Fsp3) is 0.865. The standard InChI is InChI=1S/C36H69NO2.CH3NO2/c1-3-5-7-9-11-13-15-17-19-21-23-25-27-29-31-33-35(38)37-36(39)34-32-30-28-26-24-22-20-18-16-14-12-10-8-6-4-2;2-1(3)4/h17,19H,3-16,18,20-34H2,1-2H3,(H,37,38,39);2H2,(H,3,4)/b19-17-;. The van der Waals surface area contributed by atoms with Gasteiger partial charge in [-0.3, -0.25) is 14.9 Å². The molecule has 4 N–H and O–H groups in total. The van der Waals surface area contributed by atoms with Crippen LogP contribution in [0.1, 0.15) is 206 Å². The van der Waals surface area contributed by atoms with E-state index in [1.54, 1.807) is 0 Å². The van der Waals surface area contributed by atoms with E-state index in [4.69, 9.17) is 9.90 Å². The van der Waals surface area contributed by atoms with Crippen LogP contribution < -0.4 is 11.1 Å². The zero-order valence-electron chi connectivity index (χ0n) is 28.6. The lowest BCUT2D eigenvalue weighted by atomic mass is 10.0. The van der Waals surface area contributed by atoms with Gasteiger partial charge in [0.2, 0.25) is 11.8 Å². The number of rotatable bonds is 31. The van der Waals surface area contributed by atoms with E-state index in [1.807, 2.05) is 0 Å². The van der Waals surface area contributed by atoms with Crippen molar-refractivity contribution in [3.05, 3.63) is 12.2 Å². The molecule has 6 heteroatoms. The molecule has 254 valence electrons. The maximum Gasteiger partial charge on any atom is 0.402 e. The third kappa shape index (κ3) is 44.7. The van der Waals surface area contributed by atoms with Crippen molar-refractivity contribution in [2.45, 2.75) is 206 Å². The number of carbonyl (C=O) groups excluding carboxylic acids is 2. The summed E-state index contributed by atoms with van der Waals surface area (Å²) in [6, 6.07) is 0. The molecule has 0 spiro atoms. The highest BCUT2D eigenvalue weighted by Gasteiger charge is 2.07. The first-order chi connectivity index (χ1) is 20.9. The van der Waals surface area contributed by atoms with Gasteiger partial charge in [0.05, 0.1) is 0 Å². The Hall–Kier alpha value is -1.85. The summed E-state index contributed by atoms with van der Waals surface area (Å²) in [7, 11) is 0. The van der Waals surface area contributed by atoms with Crippen LogP contribution in [0.4, 0.5) is 4.79 Å². The van der Waals surface area contributed by atoms with Crippen molar-refractivity contribution in [1.29, 1.82) is 0 Å². The van der Waals surface area contributed by atoms with Gasteiger partial charge in [0, 0.05) is 12.8 Å². The molecule has 6 nitrogen and oxygen atoms in total. The van der Waals surface area contributed by atoms with Gasteiger partial charge in [-0.1, -0.05) is 167 Å². The maximum absolute atomic E-state index is 12.0. The SMILES string of the molecule is CCCCCCCC/C=C\CCCCCCCC(=O)NC(=O)CCCCCCCCCCCCCCCCC.NC(=O)O. The normalized spacial score (nSPS) is 10.9. The van der Waals surface area contributed by atoms with Gasteiger partial charge in [-0.05, 0) is 38.5 Å². The predicted molar refractivity (Wildman–Crippen MR) is 184 cm³/mol. The largest absolute Gasteiger partial charge is 0.465 e. The van der Waals surface area contributed by atoms with E-state index in [0.717, 1.165) is 25.7 Å². The highest BCUT2D eigenvalue weighted by molar-refractivity contribution is 5.95. The van der Waals surface area contributed by atoms with E-state index < -0.39 is 6.09 Å². The van der Waals surface area contributed by atoms with Gasteiger partial charge in [0.1, 0.15) is 0 Å². The Morgan fingerprint density at radius 2 is 0.698 bits per heavy atom. The molecule has 0 rings (SSSR count). The van der Waals surface area contributed by atoms with Crippen LogP contribution in [0.3, 0.4) is 0 Å². The number of nitrogens with two attached hydrogens (primary N) is 1. The maximum atomic E-state index is 12.0. The average molecular weight is 609 g/mol. The number of amides is 3. The first-order valence-electron chi connectivity index (χ1n) is 18.4. The van der Waals surface area contributed by atoms with Crippen molar-refractivity contribution in [3.63, 3.8) is 0 Å². The van der Waals surface area contributed by atoms with Gasteiger partial charge in [-0.25, -0.2) is 4.79 Å². The van der Waals surface area contributed by atoms with Crippen molar-refractivity contribution < 1.29 is 19.5 Å². The second-order valence-corrected chi connectivity index (χ2v) is 12.3. The number of primary amides is 1. The van der Waals surface area contributed by atoms with Crippen LogP contribution in [0.5, 0.6) is 0 Å². The molecular weight excluding hydrogens is 536 g/mol. The highest BCUT2D eigenvalue weighted by atomic mass is 16.4. The monoisotopic (exact) mass is 609 g/mol. The number of hydrogen-bond acceptors (Lipinski definition) is 3. The van der Waals surface area contributed by atoms with Crippen LogP contribution in [-0.2, 0) is 9.59 Å². The van der Waals surface area contributed by atoms with Crippen molar-refractivity contribution >= 4 is 17.9 Å². The van der Waals surface area contributed by atoms with Crippen LogP contribution in [0.15, 0.2) is 12.2 Å². The van der Waals surface area contributed by atoms with E-state index in [2.05, 4.69) is 37.0 Å². The van der Waals surface area contributed by atoms with Crippen molar-refractivity contribution in [2.75, 3.05) is 0 Å². The molecule has 0 aromatic carbocycles. The lowest BCUT2D eigenvalue weighted by Crippen LogP contribution is -2.29. The van der Waals surface area contributed by atoms with E-state index >= 15 is 0 Å². The molecule has 3 amide bonds. The first-order valence-corrected chi connectivity index (χ1v) is 18.4. The van der Waals surface area contributed by atoms with Gasteiger partial charge in [-0.15, -0.1) is 0 Å². The molecule has 0 aliphatic carbocycles. The Bertz CT molecular complexity index is 632. The van der Waals surface area contributed by atoms with Crippen molar-refractivity contribution in [2.24, 2.45) is 5.73 Å².